The molecule has 0 saturated carbocycles. The lowest BCUT2D eigenvalue weighted by molar-refractivity contribution is -0.142. The van der Waals surface area contributed by atoms with Crippen LogP contribution in [0.25, 0.3) is 10.9 Å². The summed E-state index contributed by atoms with van der Waals surface area (Å²) in [6, 6.07) is 12.0. The summed E-state index contributed by atoms with van der Waals surface area (Å²) < 4.78 is 47.6. The van der Waals surface area contributed by atoms with Crippen LogP contribution in [0.2, 0.25) is 0 Å². The Morgan fingerprint density at radius 2 is 1.72 bits per heavy atom. The average molecular weight is 808 g/mol. The fourth-order valence-corrected chi connectivity index (χ4v) is 7.60. The maximum Gasteiger partial charge on any atom is 0.416 e. The molecule has 0 spiro atoms. The normalized spacial score (nSPS) is 12.1. The number of nitrogens with one attached hydrogen (secondary N) is 3. The van der Waals surface area contributed by atoms with Gasteiger partial charge < -0.3 is 24.8 Å². The van der Waals surface area contributed by atoms with Crippen LogP contribution in [-0.2, 0) is 35.6 Å². The SMILES string of the molecule is CCCNC(=O)CCCOc1cc(C)c(S(=O)(=O)N[C@@H](CNC(=O)c2ccc3c(cnn3CCCN(C(=O)OC(C)(C)C)c3ccccn3)c2)C(=O)OC)c(C)c1. The van der Waals surface area contributed by atoms with E-state index >= 15 is 0 Å². The molecule has 2 heterocycles. The van der Waals surface area contributed by atoms with Crippen molar-refractivity contribution in [2.24, 2.45) is 0 Å². The number of anilines is 1. The number of hydrogen-bond acceptors (Lipinski definition) is 11. The molecule has 0 aliphatic carbocycles. The number of fused-ring (bicyclic) bond motifs is 1. The molecule has 17 heteroatoms. The van der Waals surface area contributed by atoms with E-state index in [1.165, 1.54) is 4.90 Å². The zero-order valence-electron chi connectivity index (χ0n) is 33.6. The molecule has 0 fully saturated rings. The Morgan fingerprint density at radius 1 is 0.982 bits per heavy atom. The third-order valence-corrected chi connectivity index (χ3v) is 10.3. The van der Waals surface area contributed by atoms with E-state index < -0.39 is 46.2 Å². The molecule has 0 unspecified atom stereocenters. The lowest BCUT2D eigenvalue weighted by atomic mass is 10.1. The van der Waals surface area contributed by atoms with Crippen molar-refractivity contribution in [1.82, 2.24) is 30.1 Å². The van der Waals surface area contributed by atoms with E-state index in [2.05, 4.69) is 25.4 Å². The van der Waals surface area contributed by atoms with Crippen molar-refractivity contribution < 1.29 is 41.8 Å². The molecule has 1 atom stereocenters. The summed E-state index contributed by atoms with van der Waals surface area (Å²) in [7, 11) is -3.15. The minimum absolute atomic E-state index is 0.0363. The Morgan fingerprint density at radius 3 is 2.37 bits per heavy atom. The standard InChI is InChI=1S/C40H53N7O9S/c1-8-17-42-35(48)14-11-21-55-31-22-27(2)36(28(3)23-31)57(52,53)45-32(38(50)54-7)26-43-37(49)29-15-16-33-30(24-29)25-44-47(33)20-12-19-46(34-13-9-10-18-41-34)39(51)56-40(4,5)6/h9-10,13,15-16,18,22-25,32,45H,8,11-12,14,17,19-21,26H2,1-7H3,(H,42,48)(H,43,49)/t32-/m0/s1. The fraction of sp³-hybridized carbons (Fsp3) is 0.450. The predicted molar refractivity (Wildman–Crippen MR) is 215 cm³/mol. The molecule has 308 valence electrons. The van der Waals surface area contributed by atoms with Crippen LogP contribution in [0, 0.1) is 13.8 Å². The maximum atomic E-state index is 13.6. The van der Waals surface area contributed by atoms with E-state index in [1.54, 1.807) is 100 Å². The van der Waals surface area contributed by atoms with Gasteiger partial charge in [0.05, 0.1) is 30.3 Å². The molecule has 0 aliphatic rings. The Kier molecular flexibility index (Phi) is 15.5. The zero-order valence-corrected chi connectivity index (χ0v) is 34.4. The molecule has 3 N–H and O–H groups in total. The second kappa shape index (κ2) is 20.0. The molecule has 2 aromatic carbocycles. The lowest BCUT2D eigenvalue weighted by Gasteiger charge is -2.26. The zero-order chi connectivity index (χ0) is 41.8. The van der Waals surface area contributed by atoms with E-state index in [0.29, 0.717) is 67.0 Å². The maximum absolute atomic E-state index is 13.6. The molecular formula is C40H53N7O9S. The summed E-state index contributed by atoms with van der Waals surface area (Å²) in [4.78, 5) is 56.6. The molecule has 0 bridgehead atoms. The third kappa shape index (κ3) is 12.7. The van der Waals surface area contributed by atoms with Crippen LogP contribution in [0.1, 0.15) is 74.9 Å². The van der Waals surface area contributed by atoms with Crippen LogP contribution in [0.3, 0.4) is 0 Å². The number of aromatic nitrogens is 3. The molecule has 0 aliphatic heterocycles. The van der Waals surface area contributed by atoms with E-state index in [0.717, 1.165) is 19.0 Å². The number of pyridine rings is 1. The number of hydrogen-bond donors (Lipinski definition) is 3. The van der Waals surface area contributed by atoms with Crippen LogP contribution in [0.5, 0.6) is 5.75 Å². The summed E-state index contributed by atoms with van der Waals surface area (Å²) in [6.45, 7) is 11.9. The van der Waals surface area contributed by atoms with Gasteiger partial charge >= 0.3 is 12.1 Å². The van der Waals surface area contributed by atoms with Gasteiger partial charge in [-0.1, -0.05) is 13.0 Å². The van der Waals surface area contributed by atoms with Crippen LogP contribution in [-0.4, -0.2) is 92.1 Å². The molecular weight excluding hydrogens is 755 g/mol. The number of benzene rings is 2. The van der Waals surface area contributed by atoms with Gasteiger partial charge in [-0.2, -0.15) is 9.82 Å². The number of sulfonamides is 1. The summed E-state index contributed by atoms with van der Waals surface area (Å²) in [5.41, 5.74) is 1.11. The van der Waals surface area contributed by atoms with Crippen molar-refractivity contribution in [2.45, 2.75) is 90.3 Å². The molecule has 4 rings (SSSR count). The van der Waals surface area contributed by atoms with E-state index in [9.17, 15) is 27.6 Å². The van der Waals surface area contributed by atoms with Crippen molar-refractivity contribution in [3.63, 3.8) is 0 Å². The van der Waals surface area contributed by atoms with Gasteiger partial charge in [-0.3, -0.25) is 24.0 Å². The van der Waals surface area contributed by atoms with Gasteiger partial charge in [-0.25, -0.2) is 18.2 Å². The van der Waals surface area contributed by atoms with Crippen molar-refractivity contribution in [1.29, 1.82) is 0 Å². The highest BCUT2D eigenvalue weighted by Crippen LogP contribution is 2.26. The second-order valence-electron chi connectivity index (χ2n) is 14.4. The quantitative estimate of drug-likeness (QED) is 0.0868. The molecule has 2 aromatic heterocycles. The van der Waals surface area contributed by atoms with Crippen molar-refractivity contribution in [3.8, 4) is 5.75 Å². The molecule has 16 nitrogen and oxygen atoms in total. The summed E-state index contributed by atoms with van der Waals surface area (Å²) in [6.07, 6.45) is 4.90. The number of carbonyl (C=O) groups excluding carboxylic acids is 4. The van der Waals surface area contributed by atoms with Gasteiger partial charge in [-0.15, -0.1) is 0 Å². The number of nitrogens with zero attached hydrogens (tertiary/aromatic N) is 4. The van der Waals surface area contributed by atoms with E-state index in [-0.39, 0.29) is 23.0 Å². The molecule has 0 radical (unpaired) electrons. The first-order valence-corrected chi connectivity index (χ1v) is 20.3. The summed E-state index contributed by atoms with van der Waals surface area (Å²) >= 11 is 0. The lowest BCUT2D eigenvalue weighted by Crippen LogP contribution is -2.49. The smallest absolute Gasteiger partial charge is 0.416 e. The first kappa shape index (κ1) is 44.2. The Balaban J connectivity index is 1.37. The highest BCUT2D eigenvalue weighted by molar-refractivity contribution is 7.89. The largest absolute Gasteiger partial charge is 0.494 e. The highest BCUT2D eigenvalue weighted by atomic mass is 32.2. The monoisotopic (exact) mass is 807 g/mol. The van der Waals surface area contributed by atoms with Crippen molar-refractivity contribution in [3.05, 3.63) is 77.6 Å². The molecule has 0 saturated heterocycles. The number of ether oxygens (including phenoxy) is 3. The Labute approximate surface area is 333 Å². The van der Waals surface area contributed by atoms with E-state index in [4.69, 9.17) is 14.2 Å². The van der Waals surface area contributed by atoms with Gasteiger partial charge in [0.25, 0.3) is 5.91 Å². The molecule has 4 aromatic rings. The van der Waals surface area contributed by atoms with Gasteiger partial charge in [0.2, 0.25) is 15.9 Å². The first-order valence-electron chi connectivity index (χ1n) is 18.8. The first-order chi connectivity index (χ1) is 27.0. The number of methoxy groups -OCH3 is 1. The second-order valence-corrected chi connectivity index (χ2v) is 16.1. The van der Waals surface area contributed by atoms with Gasteiger partial charge in [-0.05, 0) is 107 Å². The topological polar surface area (TPSA) is 200 Å². The van der Waals surface area contributed by atoms with Gasteiger partial charge in [0.1, 0.15) is 23.2 Å². The summed E-state index contributed by atoms with van der Waals surface area (Å²) in [5.74, 6) is -0.568. The number of aryl methyl sites for hydroxylation is 3. The number of rotatable bonds is 19. The minimum atomic E-state index is -4.27. The van der Waals surface area contributed by atoms with Crippen LogP contribution in [0.4, 0.5) is 10.6 Å². The highest BCUT2D eigenvalue weighted by Gasteiger charge is 2.30. The van der Waals surface area contributed by atoms with Gasteiger partial charge in [0, 0.05) is 49.7 Å². The molecule has 57 heavy (non-hydrogen) atoms. The fourth-order valence-electron chi connectivity index (χ4n) is 5.97. The average Bonchev–Trinajstić information content (AvgIpc) is 3.56. The number of carbonyl (C=O) groups is 4. The Bertz CT molecular complexity index is 2110. The van der Waals surface area contributed by atoms with E-state index in [1.807, 2.05) is 6.92 Å². The third-order valence-electron chi connectivity index (χ3n) is 8.54. The van der Waals surface area contributed by atoms with Crippen LogP contribution >= 0.6 is 0 Å². The number of amides is 3. The summed E-state index contributed by atoms with van der Waals surface area (Å²) in [5, 5.41) is 10.6. The number of esters is 1. The van der Waals surface area contributed by atoms with Crippen LogP contribution in [0.15, 0.2) is 65.8 Å². The Hall–Kier alpha value is -5.55. The van der Waals surface area contributed by atoms with Gasteiger partial charge in [0.15, 0.2) is 0 Å². The van der Waals surface area contributed by atoms with Crippen LogP contribution < -0.4 is 25.0 Å². The minimum Gasteiger partial charge on any atom is -0.494 e. The van der Waals surface area contributed by atoms with Crippen molar-refractivity contribution in [2.75, 3.05) is 38.3 Å². The van der Waals surface area contributed by atoms with Crippen molar-refractivity contribution >= 4 is 50.6 Å². The molecule has 3 amide bonds. The predicted octanol–water partition coefficient (Wildman–Crippen LogP) is 4.82.